The minimum absolute atomic E-state index is 0.132. The molecular formula is C31H58N4O3. The van der Waals surface area contributed by atoms with Crippen LogP contribution in [-0.4, -0.2) is 45.8 Å². The summed E-state index contributed by atoms with van der Waals surface area (Å²) < 4.78 is 4.54. The molecule has 0 atom stereocenters. The van der Waals surface area contributed by atoms with Gasteiger partial charge in [0.05, 0.1) is 0 Å². The molecule has 0 aliphatic carbocycles. The normalized spacial score (nSPS) is 9.26. The Morgan fingerprint density at radius 1 is 1.00 bits per heavy atom. The molecule has 0 aliphatic rings. The fourth-order valence-corrected chi connectivity index (χ4v) is 2.13. The van der Waals surface area contributed by atoms with E-state index in [9.17, 15) is 9.59 Å². The highest BCUT2D eigenvalue weighted by Gasteiger charge is 1.99. The predicted molar refractivity (Wildman–Crippen MR) is 168 cm³/mol. The van der Waals surface area contributed by atoms with Crippen molar-refractivity contribution in [3.05, 3.63) is 66.9 Å². The van der Waals surface area contributed by atoms with E-state index in [-0.39, 0.29) is 6.03 Å². The van der Waals surface area contributed by atoms with Gasteiger partial charge >= 0.3 is 6.03 Å². The van der Waals surface area contributed by atoms with Crippen molar-refractivity contribution in [1.82, 2.24) is 16.0 Å². The average molecular weight is 535 g/mol. The molecule has 7 heteroatoms. The second kappa shape index (κ2) is 41.2. The monoisotopic (exact) mass is 534 g/mol. The van der Waals surface area contributed by atoms with Crippen LogP contribution in [0.5, 0.6) is 0 Å². The van der Waals surface area contributed by atoms with Crippen LogP contribution >= 0.6 is 0 Å². The van der Waals surface area contributed by atoms with Gasteiger partial charge in [0.2, 0.25) is 6.41 Å². The van der Waals surface area contributed by atoms with E-state index in [1.54, 1.807) is 19.3 Å². The van der Waals surface area contributed by atoms with Gasteiger partial charge in [-0.2, -0.15) is 0 Å². The molecule has 4 N–H and O–H groups in total. The number of urea groups is 1. The van der Waals surface area contributed by atoms with E-state index in [0.717, 1.165) is 38.2 Å². The van der Waals surface area contributed by atoms with E-state index in [1.807, 2.05) is 52.0 Å². The number of carbonyl (C=O) groups excluding carboxylic acids is 2. The highest BCUT2D eigenvalue weighted by molar-refractivity contribution is 5.89. The van der Waals surface area contributed by atoms with Gasteiger partial charge in [-0.3, -0.25) is 4.79 Å². The van der Waals surface area contributed by atoms with Gasteiger partial charge in [-0.05, 0) is 71.3 Å². The maximum absolute atomic E-state index is 11.3. The fraction of sp³-hybridized carbons (Fsp3) is 0.548. The summed E-state index contributed by atoms with van der Waals surface area (Å²) in [4.78, 5) is 20.8. The predicted octanol–water partition coefficient (Wildman–Crippen LogP) is 7.37. The van der Waals surface area contributed by atoms with E-state index in [1.165, 1.54) is 37.6 Å². The molecule has 0 aliphatic heterocycles. The molecule has 3 amide bonds. The Hall–Kier alpha value is -2.90. The van der Waals surface area contributed by atoms with E-state index in [2.05, 4.69) is 65.5 Å². The number of hydrogen-bond donors (Lipinski definition) is 4. The Bertz CT molecular complexity index is 658. The van der Waals surface area contributed by atoms with Crippen molar-refractivity contribution < 1.29 is 14.3 Å². The topological polar surface area (TPSA) is 91.5 Å². The quantitative estimate of drug-likeness (QED) is 0.0868. The van der Waals surface area contributed by atoms with Crippen LogP contribution in [0.25, 0.3) is 0 Å². The number of allylic oxidation sites excluding steroid dienone is 3. The Kier molecular flexibility index (Phi) is 45.8. The summed E-state index contributed by atoms with van der Waals surface area (Å²) in [5.41, 5.74) is 2.02. The first-order valence-corrected chi connectivity index (χ1v) is 13.9. The molecule has 0 saturated carbocycles. The highest BCUT2D eigenvalue weighted by Crippen LogP contribution is 2.07. The molecule has 1 aromatic carbocycles. The molecule has 0 fully saturated rings. The standard InChI is InChI=1S/C12H18N2O.C9H19N.C5H7NO.C3H8O.C2H6/c1-3-4-9-13-12(15)14-11-7-5-10(2)6-8-11;1-3-5-7-9-10-8-6-4-2;1-2-3-4-6-5-7;1-3-4-2;1-2/h5-8H,3-4,9H2,1-2H3,(H2,13,14,15);3,5,10H,4,6-9H2,1-2H3;2-5H,1H2,(H,6,7);3H2,1-2H3;1-2H3/b;5-3-;4-3+;;. The zero-order valence-corrected chi connectivity index (χ0v) is 25.6. The number of aryl methyl sites for hydroxylation is 1. The molecule has 0 aromatic heterocycles. The van der Waals surface area contributed by atoms with Gasteiger partial charge in [-0.15, -0.1) is 0 Å². The number of anilines is 1. The van der Waals surface area contributed by atoms with Crippen molar-refractivity contribution in [2.24, 2.45) is 0 Å². The van der Waals surface area contributed by atoms with Gasteiger partial charge in [-0.1, -0.05) is 83.0 Å². The van der Waals surface area contributed by atoms with E-state index in [0.29, 0.717) is 6.41 Å². The Balaban J connectivity index is -0.000000218. The van der Waals surface area contributed by atoms with Crippen LogP contribution in [0, 0.1) is 6.92 Å². The summed E-state index contributed by atoms with van der Waals surface area (Å²) in [6.45, 7) is 21.6. The number of unbranched alkanes of at least 4 members (excludes halogenated alkanes) is 2. The third kappa shape index (κ3) is 43.2. The molecule has 0 radical (unpaired) electrons. The molecule has 0 bridgehead atoms. The lowest BCUT2D eigenvalue weighted by molar-refractivity contribution is -0.108. The second-order valence-electron chi connectivity index (χ2n) is 7.52. The van der Waals surface area contributed by atoms with E-state index in [4.69, 9.17) is 0 Å². The fourth-order valence-electron chi connectivity index (χ4n) is 2.13. The molecule has 7 nitrogen and oxygen atoms in total. The number of carbonyl (C=O) groups is 2. The van der Waals surface area contributed by atoms with Crippen molar-refractivity contribution in [2.75, 3.05) is 38.7 Å². The number of benzene rings is 1. The van der Waals surface area contributed by atoms with Crippen LogP contribution < -0.4 is 21.3 Å². The van der Waals surface area contributed by atoms with Crippen molar-refractivity contribution >= 4 is 18.1 Å². The summed E-state index contributed by atoms with van der Waals surface area (Å²) in [5, 5.41) is 11.3. The first-order chi connectivity index (χ1) is 18.5. The molecular weight excluding hydrogens is 476 g/mol. The van der Waals surface area contributed by atoms with Gasteiger partial charge in [0.15, 0.2) is 0 Å². The van der Waals surface area contributed by atoms with Crippen molar-refractivity contribution in [2.45, 2.75) is 80.6 Å². The number of nitrogens with one attached hydrogen (secondary N) is 4. The number of ether oxygens (including phenoxy) is 1. The van der Waals surface area contributed by atoms with Gasteiger partial charge in [-0.25, -0.2) is 4.79 Å². The average Bonchev–Trinajstić information content (AvgIpc) is 2.94. The summed E-state index contributed by atoms with van der Waals surface area (Å²) in [6, 6.07) is 7.61. The molecule has 0 heterocycles. The summed E-state index contributed by atoms with van der Waals surface area (Å²) in [7, 11) is 1.68. The van der Waals surface area contributed by atoms with Crippen molar-refractivity contribution in [3.63, 3.8) is 0 Å². The molecule has 220 valence electrons. The SMILES string of the molecule is C/C=C\CCNCCCC.C=C/C=C/NC=O.CC.CCCCNC(=O)Nc1ccc(C)cc1.CCOC. The zero-order valence-electron chi connectivity index (χ0n) is 25.6. The number of amides is 3. The van der Waals surface area contributed by atoms with Crippen LogP contribution in [0.3, 0.4) is 0 Å². The highest BCUT2D eigenvalue weighted by atomic mass is 16.5. The second-order valence-corrected chi connectivity index (χ2v) is 7.52. The first kappa shape index (κ1) is 42.2. The minimum Gasteiger partial charge on any atom is -0.385 e. The minimum atomic E-state index is -0.132. The van der Waals surface area contributed by atoms with Crippen LogP contribution in [0.4, 0.5) is 10.5 Å². The summed E-state index contributed by atoms with van der Waals surface area (Å²) in [5.74, 6) is 0. The van der Waals surface area contributed by atoms with Crippen LogP contribution in [0.1, 0.15) is 79.2 Å². The largest absolute Gasteiger partial charge is 0.385 e. The van der Waals surface area contributed by atoms with E-state index >= 15 is 0 Å². The van der Waals surface area contributed by atoms with Crippen LogP contribution in [0.2, 0.25) is 0 Å². The smallest absolute Gasteiger partial charge is 0.319 e. The third-order valence-electron chi connectivity index (χ3n) is 4.24. The molecule has 0 unspecified atom stereocenters. The molecule has 1 aromatic rings. The maximum Gasteiger partial charge on any atom is 0.319 e. The number of methoxy groups -OCH3 is 1. The molecule has 0 saturated heterocycles. The van der Waals surface area contributed by atoms with Gasteiger partial charge in [0.25, 0.3) is 0 Å². The number of hydrogen-bond acceptors (Lipinski definition) is 4. The van der Waals surface area contributed by atoms with Crippen LogP contribution in [0.15, 0.2) is 61.3 Å². The first-order valence-electron chi connectivity index (χ1n) is 13.9. The molecule has 0 spiro atoms. The summed E-state index contributed by atoms with van der Waals surface area (Å²) in [6.07, 6.45) is 15.5. The lowest BCUT2D eigenvalue weighted by Gasteiger charge is -2.06. The molecule has 38 heavy (non-hydrogen) atoms. The maximum atomic E-state index is 11.3. The Labute approximate surface area is 234 Å². The van der Waals surface area contributed by atoms with Crippen LogP contribution in [-0.2, 0) is 9.53 Å². The van der Waals surface area contributed by atoms with Gasteiger partial charge < -0.3 is 26.0 Å². The Morgan fingerprint density at radius 2 is 1.58 bits per heavy atom. The third-order valence-corrected chi connectivity index (χ3v) is 4.24. The lowest BCUT2D eigenvalue weighted by atomic mass is 10.2. The van der Waals surface area contributed by atoms with E-state index < -0.39 is 0 Å². The lowest BCUT2D eigenvalue weighted by Crippen LogP contribution is -2.29. The molecule has 1 rings (SSSR count). The zero-order chi connectivity index (χ0) is 29.7. The van der Waals surface area contributed by atoms with Crippen molar-refractivity contribution in [3.8, 4) is 0 Å². The number of rotatable bonds is 14. The van der Waals surface area contributed by atoms with Gasteiger partial charge in [0, 0.05) is 32.1 Å². The van der Waals surface area contributed by atoms with Crippen molar-refractivity contribution in [1.29, 1.82) is 0 Å². The summed E-state index contributed by atoms with van der Waals surface area (Å²) >= 11 is 0. The Morgan fingerprint density at radius 3 is 2.05 bits per heavy atom. The van der Waals surface area contributed by atoms with Gasteiger partial charge in [0.1, 0.15) is 0 Å².